The first-order chi connectivity index (χ1) is 10.1. The second kappa shape index (κ2) is 5.47. The summed E-state index contributed by atoms with van der Waals surface area (Å²) in [5, 5.41) is 0. The number of imide groups is 1. The van der Waals surface area contributed by atoms with E-state index in [9.17, 15) is 14.4 Å². The second-order valence-corrected chi connectivity index (χ2v) is 6.01. The summed E-state index contributed by atoms with van der Waals surface area (Å²) in [5.41, 5.74) is 0.688. The highest BCUT2D eigenvalue weighted by Crippen LogP contribution is 2.30. The normalized spacial score (nSPS) is 19.2. The lowest BCUT2D eigenvalue weighted by Crippen LogP contribution is -2.40. The SMILES string of the molecule is CN1C(=O)Cc2oc(=O)cc(CCC3CCCC3)c2C1=O. The number of fused-ring (bicyclic) bond motifs is 1. The number of carbonyl (C=O) groups excluding carboxylic acids is 2. The summed E-state index contributed by atoms with van der Waals surface area (Å²) in [6.45, 7) is 0. The molecule has 1 aromatic heterocycles. The minimum Gasteiger partial charge on any atom is -0.426 e. The molecule has 3 rings (SSSR count). The average Bonchev–Trinajstić information content (AvgIpc) is 2.95. The molecule has 0 aromatic carbocycles. The Morgan fingerprint density at radius 2 is 1.95 bits per heavy atom. The van der Waals surface area contributed by atoms with Crippen LogP contribution in [-0.2, 0) is 17.6 Å². The van der Waals surface area contributed by atoms with Gasteiger partial charge in [0.25, 0.3) is 5.91 Å². The highest BCUT2D eigenvalue weighted by atomic mass is 16.4. The highest BCUT2D eigenvalue weighted by molar-refractivity contribution is 6.09. The molecule has 2 amide bonds. The monoisotopic (exact) mass is 289 g/mol. The van der Waals surface area contributed by atoms with E-state index in [1.165, 1.54) is 38.8 Å². The third-order valence-corrected chi connectivity index (χ3v) is 4.62. The molecule has 0 spiro atoms. The van der Waals surface area contributed by atoms with Crippen LogP contribution in [0.4, 0.5) is 0 Å². The molecule has 1 aliphatic carbocycles. The molecule has 0 radical (unpaired) electrons. The lowest BCUT2D eigenvalue weighted by molar-refractivity contribution is -0.127. The molecule has 0 unspecified atom stereocenters. The quantitative estimate of drug-likeness (QED) is 0.797. The third kappa shape index (κ3) is 2.64. The standard InChI is InChI=1S/C16H19NO4/c1-17-13(18)9-12-15(16(17)20)11(8-14(19)21-12)7-6-10-4-2-3-5-10/h8,10H,2-7,9H2,1H3. The molecule has 1 fully saturated rings. The fourth-order valence-corrected chi connectivity index (χ4v) is 3.37. The van der Waals surface area contributed by atoms with Gasteiger partial charge in [-0.15, -0.1) is 0 Å². The molecule has 1 aliphatic heterocycles. The molecular weight excluding hydrogens is 270 g/mol. The van der Waals surface area contributed by atoms with Crippen LogP contribution in [0, 0.1) is 5.92 Å². The van der Waals surface area contributed by atoms with Crippen LogP contribution in [0.25, 0.3) is 0 Å². The first-order valence-electron chi connectivity index (χ1n) is 7.53. The minimum absolute atomic E-state index is 0.00984. The number of aryl methyl sites for hydroxylation is 1. The molecule has 0 saturated heterocycles. The van der Waals surface area contributed by atoms with Gasteiger partial charge in [0.15, 0.2) is 0 Å². The summed E-state index contributed by atoms with van der Waals surface area (Å²) in [6, 6.07) is 1.41. The van der Waals surface area contributed by atoms with Crippen LogP contribution in [-0.4, -0.2) is 23.8 Å². The van der Waals surface area contributed by atoms with Crippen LogP contribution in [0.3, 0.4) is 0 Å². The van der Waals surface area contributed by atoms with E-state index < -0.39 is 5.63 Å². The first-order valence-corrected chi connectivity index (χ1v) is 7.53. The Morgan fingerprint density at radius 3 is 2.67 bits per heavy atom. The van der Waals surface area contributed by atoms with Gasteiger partial charge >= 0.3 is 5.63 Å². The summed E-state index contributed by atoms with van der Waals surface area (Å²) in [6.07, 6.45) is 6.69. The van der Waals surface area contributed by atoms with Crippen LogP contribution in [0.5, 0.6) is 0 Å². The van der Waals surface area contributed by atoms with Crippen LogP contribution < -0.4 is 5.63 Å². The van der Waals surface area contributed by atoms with Gasteiger partial charge in [0.1, 0.15) is 5.76 Å². The van der Waals surface area contributed by atoms with Crippen molar-refractivity contribution in [1.82, 2.24) is 4.90 Å². The molecular formula is C16H19NO4. The van der Waals surface area contributed by atoms with Gasteiger partial charge in [-0.2, -0.15) is 0 Å². The van der Waals surface area contributed by atoms with Crippen molar-refractivity contribution in [3.63, 3.8) is 0 Å². The fourth-order valence-electron chi connectivity index (χ4n) is 3.37. The zero-order chi connectivity index (χ0) is 15.0. The van der Waals surface area contributed by atoms with E-state index in [2.05, 4.69) is 0 Å². The Kier molecular flexibility index (Phi) is 3.66. The van der Waals surface area contributed by atoms with Gasteiger partial charge in [-0.25, -0.2) is 4.79 Å². The van der Waals surface area contributed by atoms with E-state index in [0.29, 0.717) is 17.9 Å². The molecule has 1 saturated carbocycles. The van der Waals surface area contributed by atoms with Crippen molar-refractivity contribution in [1.29, 1.82) is 0 Å². The van der Waals surface area contributed by atoms with Gasteiger partial charge in [-0.05, 0) is 24.3 Å². The number of hydrogen-bond acceptors (Lipinski definition) is 4. The van der Waals surface area contributed by atoms with E-state index >= 15 is 0 Å². The molecule has 5 nitrogen and oxygen atoms in total. The third-order valence-electron chi connectivity index (χ3n) is 4.62. The number of carbonyl (C=O) groups is 2. The Labute approximate surface area is 122 Å². The van der Waals surface area contributed by atoms with Gasteiger partial charge in [-0.1, -0.05) is 25.7 Å². The lowest BCUT2D eigenvalue weighted by Gasteiger charge is -2.23. The van der Waals surface area contributed by atoms with Crippen LogP contribution in [0.2, 0.25) is 0 Å². The fraction of sp³-hybridized carbons (Fsp3) is 0.562. The average molecular weight is 289 g/mol. The van der Waals surface area contributed by atoms with Gasteiger partial charge in [0.2, 0.25) is 5.91 Å². The van der Waals surface area contributed by atoms with Gasteiger partial charge in [0.05, 0.1) is 12.0 Å². The van der Waals surface area contributed by atoms with Crippen molar-refractivity contribution >= 4 is 11.8 Å². The number of likely N-dealkylation sites (N-methyl/N-ethyl adjacent to an activating group) is 1. The Morgan fingerprint density at radius 1 is 1.24 bits per heavy atom. The van der Waals surface area contributed by atoms with E-state index in [4.69, 9.17) is 4.42 Å². The van der Waals surface area contributed by atoms with Gasteiger partial charge < -0.3 is 4.42 Å². The zero-order valence-corrected chi connectivity index (χ0v) is 12.2. The van der Waals surface area contributed by atoms with E-state index in [1.54, 1.807) is 0 Å². The van der Waals surface area contributed by atoms with Gasteiger partial charge in [0, 0.05) is 13.1 Å². The molecule has 0 N–H and O–H groups in total. The maximum atomic E-state index is 12.3. The summed E-state index contributed by atoms with van der Waals surface area (Å²) in [4.78, 5) is 36.8. The van der Waals surface area contributed by atoms with Crippen LogP contribution >= 0.6 is 0 Å². The summed E-state index contributed by atoms with van der Waals surface area (Å²) in [5.74, 6) is 0.234. The number of amides is 2. The lowest BCUT2D eigenvalue weighted by atomic mass is 9.93. The van der Waals surface area contributed by atoms with Crippen molar-refractivity contribution in [2.24, 2.45) is 5.92 Å². The maximum Gasteiger partial charge on any atom is 0.336 e. The van der Waals surface area contributed by atoms with Crippen molar-refractivity contribution in [3.05, 3.63) is 33.4 Å². The number of hydrogen-bond donors (Lipinski definition) is 0. The first kappa shape index (κ1) is 14.0. The summed E-state index contributed by atoms with van der Waals surface area (Å²) >= 11 is 0. The van der Waals surface area contributed by atoms with Crippen LogP contribution in [0.1, 0.15) is 53.8 Å². The largest absolute Gasteiger partial charge is 0.426 e. The second-order valence-electron chi connectivity index (χ2n) is 6.01. The van der Waals surface area contributed by atoms with Gasteiger partial charge in [-0.3, -0.25) is 14.5 Å². The molecule has 0 bridgehead atoms. The Balaban J connectivity index is 1.91. The van der Waals surface area contributed by atoms with E-state index in [1.807, 2.05) is 0 Å². The van der Waals surface area contributed by atoms with E-state index in [-0.39, 0.29) is 24.0 Å². The topological polar surface area (TPSA) is 67.6 Å². The summed E-state index contributed by atoms with van der Waals surface area (Å²) in [7, 11) is 1.47. The van der Waals surface area contributed by atoms with Crippen molar-refractivity contribution in [3.8, 4) is 0 Å². The molecule has 21 heavy (non-hydrogen) atoms. The smallest absolute Gasteiger partial charge is 0.336 e. The van der Waals surface area contributed by atoms with Crippen molar-refractivity contribution in [2.75, 3.05) is 7.05 Å². The van der Waals surface area contributed by atoms with Crippen molar-refractivity contribution in [2.45, 2.75) is 44.9 Å². The Hall–Kier alpha value is -1.91. The predicted octanol–water partition coefficient (Wildman–Crippen LogP) is 1.92. The molecule has 0 atom stereocenters. The number of rotatable bonds is 3. The molecule has 1 aromatic rings. The highest BCUT2D eigenvalue weighted by Gasteiger charge is 2.32. The van der Waals surface area contributed by atoms with E-state index in [0.717, 1.165) is 16.9 Å². The van der Waals surface area contributed by atoms with Crippen LogP contribution in [0.15, 0.2) is 15.3 Å². The molecule has 2 aliphatic rings. The number of nitrogens with zero attached hydrogens (tertiary/aromatic N) is 1. The maximum absolute atomic E-state index is 12.3. The van der Waals surface area contributed by atoms with Crippen molar-refractivity contribution < 1.29 is 14.0 Å². The zero-order valence-electron chi connectivity index (χ0n) is 12.2. The Bertz CT molecular complexity index is 640. The molecule has 112 valence electrons. The predicted molar refractivity (Wildman–Crippen MR) is 76.1 cm³/mol. The minimum atomic E-state index is -0.472. The molecule has 2 heterocycles. The summed E-state index contributed by atoms with van der Waals surface area (Å²) < 4.78 is 5.08. The molecule has 5 heteroatoms.